The number of nitrogens with one attached hydrogen (secondary N) is 1. The molecule has 1 N–H and O–H groups in total. The Morgan fingerprint density at radius 3 is 2.92 bits per heavy atom. The van der Waals surface area contributed by atoms with Crippen molar-refractivity contribution in [2.75, 3.05) is 5.32 Å². The molecule has 0 fully saturated rings. The normalized spacial score (nSPS) is 9.31. The fraction of sp³-hybridized carbons (Fsp3) is 0.200. The van der Waals surface area contributed by atoms with Gasteiger partial charge in [-0.2, -0.15) is 0 Å². The van der Waals surface area contributed by atoms with Crippen molar-refractivity contribution in [1.29, 1.82) is 0 Å². The molecule has 0 aliphatic carbocycles. The quantitative estimate of drug-likeness (QED) is 0.758. The molecular weight excluding hydrogens is 166 g/mol. The standard InChI is InChI=1S/C10H10NO2/c1-2-10(13)11-9-5-3-4-8(6-9)7-12/h3-6H,2H2,1H3,(H,11,13). The third-order valence-corrected chi connectivity index (χ3v) is 1.59. The lowest BCUT2D eigenvalue weighted by molar-refractivity contribution is -0.115. The molecule has 13 heavy (non-hydrogen) atoms. The molecule has 1 aromatic rings. The van der Waals surface area contributed by atoms with Gasteiger partial charge in [-0.05, 0) is 12.1 Å². The fourth-order valence-corrected chi connectivity index (χ4v) is 0.910. The Balaban J connectivity index is 2.77. The van der Waals surface area contributed by atoms with E-state index in [1.165, 1.54) is 0 Å². The van der Waals surface area contributed by atoms with E-state index in [1.807, 2.05) is 0 Å². The van der Waals surface area contributed by atoms with Crippen LogP contribution in [0.15, 0.2) is 24.3 Å². The first-order valence-corrected chi connectivity index (χ1v) is 4.04. The molecule has 3 nitrogen and oxygen atoms in total. The molecule has 1 radical (unpaired) electrons. The van der Waals surface area contributed by atoms with Crippen molar-refractivity contribution in [1.82, 2.24) is 0 Å². The van der Waals surface area contributed by atoms with E-state index in [4.69, 9.17) is 0 Å². The molecule has 0 saturated heterocycles. The van der Waals surface area contributed by atoms with Crippen molar-refractivity contribution in [2.24, 2.45) is 0 Å². The van der Waals surface area contributed by atoms with E-state index in [0.29, 0.717) is 17.7 Å². The van der Waals surface area contributed by atoms with E-state index in [0.717, 1.165) is 0 Å². The third-order valence-electron chi connectivity index (χ3n) is 1.59. The molecule has 0 atom stereocenters. The summed E-state index contributed by atoms with van der Waals surface area (Å²) in [5.74, 6) is -0.0666. The minimum absolute atomic E-state index is 0.0666. The molecule has 0 bridgehead atoms. The molecule has 1 amide bonds. The second kappa shape index (κ2) is 4.40. The largest absolute Gasteiger partial charge is 0.326 e. The van der Waals surface area contributed by atoms with Gasteiger partial charge in [-0.15, -0.1) is 0 Å². The van der Waals surface area contributed by atoms with Crippen LogP contribution in [0.25, 0.3) is 0 Å². The van der Waals surface area contributed by atoms with E-state index in [-0.39, 0.29) is 5.91 Å². The van der Waals surface area contributed by atoms with Gasteiger partial charge < -0.3 is 5.32 Å². The van der Waals surface area contributed by atoms with Gasteiger partial charge in [0.2, 0.25) is 12.2 Å². The minimum atomic E-state index is -0.0666. The van der Waals surface area contributed by atoms with Crippen molar-refractivity contribution in [3.63, 3.8) is 0 Å². The van der Waals surface area contributed by atoms with E-state index < -0.39 is 0 Å². The highest BCUT2D eigenvalue weighted by molar-refractivity contribution is 5.91. The molecular formula is C10H10NO2. The van der Waals surface area contributed by atoms with Crippen LogP contribution in [-0.4, -0.2) is 12.2 Å². The lowest BCUT2D eigenvalue weighted by Gasteiger charge is -2.02. The number of benzene rings is 1. The first-order chi connectivity index (χ1) is 6.26. The third kappa shape index (κ3) is 2.71. The Bertz CT molecular complexity index is 320. The van der Waals surface area contributed by atoms with Crippen molar-refractivity contribution >= 4 is 17.9 Å². The van der Waals surface area contributed by atoms with Crippen molar-refractivity contribution < 1.29 is 9.59 Å². The zero-order valence-electron chi connectivity index (χ0n) is 7.33. The van der Waals surface area contributed by atoms with E-state index in [9.17, 15) is 9.59 Å². The van der Waals surface area contributed by atoms with Gasteiger partial charge in [-0.25, -0.2) is 0 Å². The Hall–Kier alpha value is -1.64. The number of anilines is 1. The van der Waals surface area contributed by atoms with Crippen molar-refractivity contribution in [2.45, 2.75) is 13.3 Å². The van der Waals surface area contributed by atoms with Crippen molar-refractivity contribution in [3.8, 4) is 0 Å². The van der Waals surface area contributed by atoms with Crippen LogP contribution in [0.2, 0.25) is 0 Å². The lowest BCUT2D eigenvalue weighted by atomic mass is 10.2. The van der Waals surface area contributed by atoms with Crippen molar-refractivity contribution in [3.05, 3.63) is 29.8 Å². The average Bonchev–Trinajstić information content (AvgIpc) is 2.18. The maximum atomic E-state index is 11.0. The molecule has 0 aliphatic rings. The fourth-order valence-electron chi connectivity index (χ4n) is 0.910. The minimum Gasteiger partial charge on any atom is -0.326 e. The molecule has 1 rings (SSSR count). The van der Waals surface area contributed by atoms with Crippen LogP contribution in [0.5, 0.6) is 0 Å². The highest BCUT2D eigenvalue weighted by Crippen LogP contribution is 2.08. The predicted octanol–water partition coefficient (Wildman–Crippen LogP) is 1.49. The van der Waals surface area contributed by atoms with Crippen LogP contribution in [0.1, 0.15) is 18.9 Å². The first kappa shape index (κ1) is 9.45. The number of hydrogen-bond acceptors (Lipinski definition) is 2. The zero-order chi connectivity index (χ0) is 9.68. The molecule has 3 heteroatoms. The number of carbonyl (C=O) groups is 1. The van der Waals surface area contributed by atoms with E-state index in [2.05, 4.69) is 5.32 Å². The highest BCUT2D eigenvalue weighted by Gasteiger charge is 1.99. The number of hydrogen-bond donors (Lipinski definition) is 1. The summed E-state index contributed by atoms with van der Waals surface area (Å²) in [6.07, 6.45) is 2.18. The predicted molar refractivity (Wildman–Crippen MR) is 50.2 cm³/mol. The van der Waals surface area contributed by atoms with E-state index in [1.54, 1.807) is 37.5 Å². The SMILES string of the molecule is CCC(=O)Nc1cccc([C]=O)c1. The van der Waals surface area contributed by atoms with E-state index >= 15 is 0 Å². The van der Waals surface area contributed by atoms with Gasteiger partial charge in [-0.1, -0.05) is 19.1 Å². The van der Waals surface area contributed by atoms with Gasteiger partial charge in [0, 0.05) is 17.7 Å². The molecule has 0 saturated carbocycles. The van der Waals surface area contributed by atoms with Gasteiger partial charge in [0.1, 0.15) is 0 Å². The van der Waals surface area contributed by atoms with Crippen LogP contribution < -0.4 is 5.32 Å². The van der Waals surface area contributed by atoms with Crippen LogP contribution in [0.3, 0.4) is 0 Å². The summed E-state index contributed by atoms with van der Waals surface area (Å²) in [5.41, 5.74) is 1.07. The number of carbonyl (C=O) groups excluding carboxylic acids is 2. The Morgan fingerprint density at radius 1 is 1.54 bits per heavy atom. The van der Waals surface area contributed by atoms with Gasteiger partial charge in [0.25, 0.3) is 0 Å². The first-order valence-electron chi connectivity index (χ1n) is 4.04. The summed E-state index contributed by atoms with van der Waals surface area (Å²) < 4.78 is 0. The average molecular weight is 176 g/mol. The Labute approximate surface area is 76.8 Å². The second-order valence-corrected chi connectivity index (χ2v) is 2.58. The Morgan fingerprint density at radius 2 is 2.31 bits per heavy atom. The topological polar surface area (TPSA) is 46.2 Å². The smallest absolute Gasteiger partial charge is 0.233 e. The number of rotatable bonds is 3. The molecule has 0 heterocycles. The van der Waals surface area contributed by atoms with Crippen LogP contribution >= 0.6 is 0 Å². The van der Waals surface area contributed by atoms with Gasteiger partial charge in [0.05, 0.1) is 0 Å². The van der Waals surface area contributed by atoms with Crippen LogP contribution in [0, 0.1) is 0 Å². The summed E-state index contributed by atoms with van der Waals surface area (Å²) in [4.78, 5) is 21.2. The second-order valence-electron chi connectivity index (χ2n) is 2.58. The summed E-state index contributed by atoms with van der Waals surface area (Å²) in [5, 5.41) is 2.65. The monoisotopic (exact) mass is 176 g/mol. The maximum Gasteiger partial charge on any atom is 0.233 e. The molecule has 0 aromatic heterocycles. The molecule has 67 valence electrons. The van der Waals surface area contributed by atoms with Gasteiger partial charge in [-0.3, -0.25) is 9.59 Å². The Kier molecular flexibility index (Phi) is 3.20. The molecule has 1 aromatic carbocycles. The summed E-state index contributed by atoms with van der Waals surface area (Å²) in [6, 6.07) is 6.65. The lowest BCUT2D eigenvalue weighted by Crippen LogP contribution is -2.09. The van der Waals surface area contributed by atoms with Crippen LogP contribution in [0.4, 0.5) is 5.69 Å². The number of amides is 1. The highest BCUT2D eigenvalue weighted by atomic mass is 16.1. The maximum absolute atomic E-state index is 11.0. The van der Waals surface area contributed by atoms with Gasteiger partial charge >= 0.3 is 0 Å². The zero-order valence-corrected chi connectivity index (χ0v) is 7.33. The molecule has 0 spiro atoms. The summed E-state index contributed by atoms with van der Waals surface area (Å²) in [7, 11) is 0. The van der Waals surface area contributed by atoms with Gasteiger partial charge in [0.15, 0.2) is 0 Å². The van der Waals surface area contributed by atoms with Crippen LogP contribution in [-0.2, 0) is 9.59 Å². The summed E-state index contributed by atoms with van der Waals surface area (Å²) in [6.45, 7) is 1.77. The molecule has 0 unspecified atom stereocenters. The molecule has 0 aliphatic heterocycles. The summed E-state index contributed by atoms with van der Waals surface area (Å²) >= 11 is 0.